The number of nitrogens with zero attached hydrogens (tertiary/aromatic N) is 1. The second-order valence-electron chi connectivity index (χ2n) is 6.18. The third-order valence-corrected chi connectivity index (χ3v) is 4.17. The van der Waals surface area contributed by atoms with E-state index in [0.717, 1.165) is 28.4 Å². The number of ether oxygens (including phenoxy) is 2. The van der Waals surface area contributed by atoms with Crippen LogP contribution in [-0.4, -0.2) is 17.7 Å². The number of hydrogen-bond acceptors (Lipinski definition) is 5. The highest BCUT2D eigenvalue weighted by atomic mass is 16.7. The normalized spacial score (nSPS) is 11.9. The third-order valence-electron chi connectivity index (χ3n) is 4.17. The van der Waals surface area contributed by atoms with Crippen molar-refractivity contribution in [2.45, 2.75) is 13.0 Å². The Kier molecular flexibility index (Phi) is 4.87. The monoisotopic (exact) mass is 361 g/mol. The van der Waals surface area contributed by atoms with E-state index in [4.69, 9.17) is 9.47 Å². The van der Waals surface area contributed by atoms with E-state index < -0.39 is 0 Å². The Hall–Kier alpha value is -3.54. The Morgan fingerprint density at radius 2 is 1.81 bits per heavy atom. The highest BCUT2D eigenvalue weighted by Crippen LogP contribution is 2.32. The summed E-state index contributed by atoms with van der Waals surface area (Å²) >= 11 is 0. The highest BCUT2D eigenvalue weighted by molar-refractivity contribution is 5.92. The third kappa shape index (κ3) is 4.36. The second kappa shape index (κ2) is 7.78. The average molecular weight is 361 g/mol. The zero-order chi connectivity index (χ0) is 18.5. The number of pyridine rings is 1. The molecule has 0 aliphatic carbocycles. The summed E-state index contributed by atoms with van der Waals surface area (Å²) in [6.45, 7) is 0.884. The highest BCUT2D eigenvalue weighted by Gasteiger charge is 2.13. The lowest BCUT2D eigenvalue weighted by atomic mass is 10.1. The molecule has 3 aromatic rings. The zero-order valence-electron chi connectivity index (χ0n) is 14.6. The van der Waals surface area contributed by atoms with Crippen molar-refractivity contribution in [2.75, 3.05) is 17.4 Å². The predicted octanol–water partition coefficient (Wildman–Crippen LogP) is 3.60. The van der Waals surface area contributed by atoms with Gasteiger partial charge in [-0.3, -0.25) is 4.79 Å². The first-order chi connectivity index (χ1) is 13.3. The molecule has 27 heavy (non-hydrogen) atoms. The first kappa shape index (κ1) is 16.9. The number of benzene rings is 2. The summed E-state index contributed by atoms with van der Waals surface area (Å²) in [5.74, 6) is 2.20. The molecule has 6 heteroatoms. The van der Waals surface area contributed by atoms with Gasteiger partial charge in [-0.1, -0.05) is 36.4 Å². The van der Waals surface area contributed by atoms with Crippen LogP contribution in [0.3, 0.4) is 0 Å². The average Bonchev–Trinajstić information content (AvgIpc) is 3.16. The molecule has 2 heterocycles. The van der Waals surface area contributed by atoms with Gasteiger partial charge in [-0.05, 0) is 35.4 Å². The zero-order valence-corrected chi connectivity index (χ0v) is 14.6. The number of fused-ring (bicyclic) bond motifs is 1. The molecule has 1 amide bonds. The quantitative estimate of drug-likeness (QED) is 0.702. The maximum atomic E-state index is 12.1. The van der Waals surface area contributed by atoms with Gasteiger partial charge in [0.15, 0.2) is 11.5 Å². The molecule has 1 aromatic heterocycles. The van der Waals surface area contributed by atoms with Gasteiger partial charge in [0.05, 0.1) is 18.3 Å². The molecule has 2 N–H and O–H groups in total. The number of carbonyl (C=O) groups excluding carboxylic acids is 1. The van der Waals surface area contributed by atoms with Crippen molar-refractivity contribution in [2.24, 2.45) is 0 Å². The van der Waals surface area contributed by atoms with Crippen molar-refractivity contribution in [1.82, 2.24) is 4.98 Å². The van der Waals surface area contributed by atoms with Crippen LogP contribution in [-0.2, 0) is 17.8 Å². The van der Waals surface area contributed by atoms with Gasteiger partial charge in [0.25, 0.3) is 0 Å². The Morgan fingerprint density at radius 1 is 0.963 bits per heavy atom. The van der Waals surface area contributed by atoms with Gasteiger partial charge < -0.3 is 20.1 Å². The van der Waals surface area contributed by atoms with Crippen molar-refractivity contribution in [3.8, 4) is 11.5 Å². The fraction of sp³-hybridized carbons (Fsp3) is 0.143. The number of rotatable bonds is 6. The molecule has 0 atom stereocenters. The van der Waals surface area contributed by atoms with Crippen LogP contribution in [0.5, 0.6) is 11.5 Å². The summed E-state index contributed by atoms with van der Waals surface area (Å²) in [6, 6.07) is 19.1. The van der Waals surface area contributed by atoms with Gasteiger partial charge in [0.1, 0.15) is 5.82 Å². The number of carbonyl (C=O) groups is 1. The number of aromatic nitrogens is 1. The minimum absolute atomic E-state index is 0.0657. The predicted molar refractivity (Wildman–Crippen MR) is 103 cm³/mol. The van der Waals surface area contributed by atoms with Crippen LogP contribution in [0.4, 0.5) is 11.5 Å². The first-order valence-corrected chi connectivity index (χ1v) is 8.68. The van der Waals surface area contributed by atoms with Crippen LogP contribution in [0, 0.1) is 0 Å². The Balaban J connectivity index is 1.30. The van der Waals surface area contributed by atoms with Gasteiger partial charge >= 0.3 is 0 Å². The molecule has 0 fully saturated rings. The summed E-state index contributed by atoms with van der Waals surface area (Å²) < 4.78 is 10.7. The van der Waals surface area contributed by atoms with E-state index in [-0.39, 0.29) is 12.7 Å². The summed E-state index contributed by atoms with van der Waals surface area (Å²) in [5.41, 5.74) is 2.72. The molecule has 0 spiro atoms. The smallest absolute Gasteiger partial charge is 0.231 e. The van der Waals surface area contributed by atoms with Gasteiger partial charge in [0, 0.05) is 6.54 Å². The van der Waals surface area contributed by atoms with Crippen molar-refractivity contribution >= 4 is 17.4 Å². The molecule has 2 aromatic carbocycles. The van der Waals surface area contributed by atoms with E-state index in [0.29, 0.717) is 18.7 Å². The van der Waals surface area contributed by atoms with Crippen molar-refractivity contribution in [3.05, 3.63) is 78.0 Å². The van der Waals surface area contributed by atoms with Crippen LogP contribution in [0.1, 0.15) is 11.1 Å². The standard InChI is InChI=1S/C21H19N3O3/c25-21(11-15-4-2-1-3-5-15)24-17-7-9-20(23-13-17)22-12-16-6-8-18-19(10-16)27-14-26-18/h1-10,13H,11-12,14H2,(H,22,23)(H,24,25). The SMILES string of the molecule is O=C(Cc1ccccc1)Nc1ccc(NCc2ccc3c(c2)OCO3)nc1. The maximum Gasteiger partial charge on any atom is 0.231 e. The van der Waals surface area contributed by atoms with Crippen LogP contribution >= 0.6 is 0 Å². The number of hydrogen-bond donors (Lipinski definition) is 2. The van der Waals surface area contributed by atoms with Crippen LogP contribution < -0.4 is 20.1 Å². The van der Waals surface area contributed by atoms with Gasteiger partial charge in [-0.2, -0.15) is 0 Å². The Morgan fingerprint density at radius 3 is 2.63 bits per heavy atom. The minimum atomic E-state index is -0.0657. The lowest BCUT2D eigenvalue weighted by molar-refractivity contribution is -0.115. The molecule has 0 unspecified atom stereocenters. The molecular formula is C21H19N3O3. The summed E-state index contributed by atoms with van der Waals surface area (Å²) in [6.07, 6.45) is 1.98. The topological polar surface area (TPSA) is 72.5 Å². The lowest BCUT2D eigenvalue weighted by Gasteiger charge is -2.08. The molecular weight excluding hydrogens is 342 g/mol. The van der Waals surface area contributed by atoms with E-state index in [1.54, 1.807) is 6.20 Å². The van der Waals surface area contributed by atoms with Crippen LogP contribution in [0.25, 0.3) is 0 Å². The summed E-state index contributed by atoms with van der Waals surface area (Å²) in [5, 5.41) is 6.11. The Labute approximate surface area is 157 Å². The van der Waals surface area contributed by atoms with Crippen molar-refractivity contribution in [3.63, 3.8) is 0 Å². The van der Waals surface area contributed by atoms with Crippen molar-refractivity contribution < 1.29 is 14.3 Å². The van der Waals surface area contributed by atoms with Crippen LogP contribution in [0.15, 0.2) is 66.9 Å². The fourth-order valence-corrected chi connectivity index (χ4v) is 2.80. The number of nitrogens with one attached hydrogen (secondary N) is 2. The summed E-state index contributed by atoms with van der Waals surface area (Å²) in [7, 11) is 0. The Bertz CT molecular complexity index is 927. The second-order valence-corrected chi connectivity index (χ2v) is 6.18. The van der Waals surface area contributed by atoms with Crippen LogP contribution in [0.2, 0.25) is 0 Å². The van der Waals surface area contributed by atoms with E-state index in [9.17, 15) is 4.79 Å². The molecule has 4 rings (SSSR count). The molecule has 1 aliphatic heterocycles. The summed E-state index contributed by atoms with van der Waals surface area (Å²) in [4.78, 5) is 16.4. The van der Waals surface area contributed by atoms with E-state index in [1.165, 1.54) is 0 Å². The molecule has 0 saturated heterocycles. The van der Waals surface area contributed by atoms with E-state index in [2.05, 4.69) is 15.6 Å². The number of anilines is 2. The molecule has 0 bridgehead atoms. The largest absolute Gasteiger partial charge is 0.454 e. The van der Waals surface area contributed by atoms with Gasteiger partial charge in [-0.15, -0.1) is 0 Å². The van der Waals surface area contributed by atoms with Gasteiger partial charge in [0.2, 0.25) is 12.7 Å². The minimum Gasteiger partial charge on any atom is -0.454 e. The molecule has 0 radical (unpaired) electrons. The van der Waals surface area contributed by atoms with Crippen molar-refractivity contribution in [1.29, 1.82) is 0 Å². The fourth-order valence-electron chi connectivity index (χ4n) is 2.80. The van der Waals surface area contributed by atoms with E-state index in [1.807, 2.05) is 60.7 Å². The molecule has 6 nitrogen and oxygen atoms in total. The number of amides is 1. The maximum absolute atomic E-state index is 12.1. The molecule has 1 aliphatic rings. The molecule has 0 saturated carbocycles. The van der Waals surface area contributed by atoms with E-state index >= 15 is 0 Å². The molecule has 136 valence electrons. The first-order valence-electron chi connectivity index (χ1n) is 8.68. The van der Waals surface area contributed by atoms with Gasteiger partial charge in [-0.25, -0.2) is 4.98 Å². The lowest BCUT2D eigenvalue weighted by Crippen LogP contribution is -2.14.